The van der Waals surface area contributed by atoms with Gasteiger partial charge in [0.1, 0.15) is 0 Å². The fourth-order valence-electron chi connectivity index (χ4n) is 6.84. The predicted molar refractivity (Wildman–Crippen MR) is 259 cm³/mol. The molecule has 5 heteroatoms. The molecule has 0 amide bonds. The molecule has 2 aliphatic rings. The summed E-state index contributed by atoms with van der Waals surface area (Å²) in [5, 5.41) is 0. The first-order valence-corrected chi connectivity index (χ1v) is 21.9. The summed E-state index contributed by atoms with van der Waals surface area (Å²) < 4.78 is 3.99. The molecule has 0 spiro atoms. The van der Waals surface area contributed by atoms with E-state index in [0.717, 1.165) is 12.8 Å². The van der Waals surface area contributed by atoms with Gasteiger partial charge in [-0.05, 0) is 39.5 Å². The molecule has 0 radical (unpaired) electrons. The Morgan fingerprint density at radius 2 is 1.09 bits per heavy atom. The van der Waals surface area contributed by atoms with E-state index in [1.165, 1.54) is 101 Å². The molecule has 0 fully saturated rings. The number of allylic oxidation sites excluding steroid dienone is 4. The molecule has 6 aromatic rings. The molecule has 0 unspecified atom stereocenters. The van der Waals surface area contributed by atoms with E-state index in [1.54, 1.807) is 0 Å². The van der Waals surface area contributed by atoms with E-state index < -0.39 is 0 Å². The summed E-state index contributed by atoms with van der Waals surface area (Å²) in [5.41, 5.74) is 16.2. The van der Waals surface area contributed by atoms with E-state index in [0.29, 0.717) is 0 Å². The second-order valence-corrected chi connectivity index (χ2v) is 19.5. The van der Waals surface area contributed by atoms with Crippen LogP contribution in [0.15, 0.2) is 146 Å². The van der Waals surface area contributed by atoms with Gasteiger partial charge < -0.3 is 0 Å². The van der Waals surface area contributed by atoms with E-state index >= 15 is 0 Å². The molecule has 0 heterocycles. The maximum absolute atomic E-state index is 3.88. The summed E-state index contributed by atoms with van der Waals surface area (Å²) in [6.07, 6.45) is 10.9. The van der Waals surface area contributed by atoms with Gasteiger partial charge in [0, 0.05) is 0 Å². The number of rotatable bonds is 4. The van der Waals surface area contributed by atoms with Crippen LogP contribution in [0.1, 0.15) is 81.3 Å². The summed E-state index contributed by atoms with van der Waals surface area (Å²) in [7, 11) is 0. The fraction of sp³-hybridized carbons (Fsp3) is 0.196. The molecule has 0 saturated heterocycles. The molecule has 0 N–H and O–H groups in total. The minimum absolute atomic E-state index is 0. The van der Waals surface area contributed by atoms with Crippen LogP contribution in [0.3, 0.4) is 0 Å². The zero-order chi connectivity index (χ0) is 38.5. The van der Waals surface area contributed by atoms with Gasteiger partial charge in [-0.3, -0.25) is 6.08 Å². The molecule has 6 aromatic carbocycles. The van der Waals surface area contributed by atoms with Gasteiger partial charge >= 0.3 is 139 Å². The van der Waals surface area contributed by atoms with E-state index in [2.05, 4.69) is 232 Å². The quantitative estimate of drug-likeness (QED) is 0.122. The maximum atomic E-state index is 3.88. The number of benzene rings is 6. The Hall–Kier alpha value is -2.41. The van der Waals surface area contributed by atoms with Gasteiger partial charge in [0.05, 0.1) is 0 Å². The summed E-state index contributed by atoms with van der Waals surface area (Å²) in [4.78, 5) is 0. The molecule has 0 atom stereocenters. The van der Waals surface area contributed by atoms with Gasteiger partial charge in [0.2, 0.25) is 0 Å². The molecular weight excluding hydrogens is 1030 g/mol. The molecule has 0 aromatic heterocycles. The van der Waals surface area contributed by atoms with Gasteiger partial charge in [-0.25, -0.2) is 12.2 Å². The van der Waals surface area contributed by atoms with E-state index in [4.69, 9.17) is 0 Å². The van der Waals surface area contributed by atoms with Crippen molar-refractivity contribution in [1.82, 2.24) is 0 Å². The van der Waals surface area contributed by atoms with E-state index in [1.807, 2.05) is 12.2 Å². The van der Waals surface area contributed by atoms with Crippen LogP contribution in [-0.2, 0) is 41.5 Å². The molecular formula is C51H48Cl2I2Zr. The molecule has 0 nitrogen and oxygen atoms in total. The van der Waals surface area contributed by atoms with Crippen LogP contribution in [0.25, 0.3) is 33.4 Å². The second-order valence-electron chi connectivity index (χ2n) is 15.8. The Morgan fingerprint density at radius 1 is 0.589 bits per heavy atom. The van der Waals surface area contributed by atoms with Crippen molar-refractivity contribution in [3.8, 4) is 33.4 Å². The first kappa shape index (κ1) is 46.3. The number of halogens is 4. The van der Waals surface area contributed by atoms with Crippen LogP contribution in [0.2, 0.25) is 0 Å². The molecule has 0 bridgehead atoms. The fourth-order valence-corrected chi connectivity index (χ4v) is 8.38. The van der Waals surface area contributed by atoms with Crippen molar-refractivity contribution in [3.63, 3.8) is 0 Å². The van der Waals surface area contributed by atoms with Gasteiger partial charge in [0.15, 0.2) is 0 Å². The van der Waals surface area contributed by atoms with Crippen molar-refractivity contribution >= 4 is 73.2 Å². The van der Waals surface area contributed by atoms with Gasteiger partial charge in [-0.1, -0.05) is 131 Å². The normalized spacial score (nSPS) is 12.2. The molecule has 284 valence electrons. The Bertz CT molecular complexity index is 2130. The van der Waals surface area contributed by atoms with Crippen molar-refractivity contribution < 1.29 is 24.2 Å². The first-order valence-electron chi connectivity index (χ1n) is 18.5. The Balaban J connectivity index is 0.000000252. The third kappa shape index (κ3) is 11.6. The van der Waals surface area contributed by atoms with Crippen molar-refractivity contribution in [1.29, 1.82) is 0 Å². The number of fused-ring (bicyclic) bond motifs is 3. The SMILES string of the molecule is CC(C)(C)c1cc2c([c-]c1-c1ccccc1)Cc1cc(-c3ccccc3)c(C(C)(C)C)cc1-2.Cl.Cl.[C-]1=CC=CC1.[Zr+2]=[C](c1ccc(I)cc1)c1ccc(I)cc1. The van der Waals surface area contributed by atoms with Gasteiger partial charge in [-0.2, -0.15) is 6.08 Å². The Kier molecular flexibility index (Phi) is 17.0. The van der Waals surface area contributed by atoms with Crippen LogP contribution in [0, 0.1) is 19.3 Å². The average molecular weight is 1080 g/mol. The molecule has 0 aliphatic heterocycles. The Morgan fingerprint density at radius 3 is 1.54 bits per heavy atom. The topological polar surface area (TPSA) is 0 Å². The first-order chi connectivity index (χ1) is 25.8. The molecule has 56 heavy (non-hydrogen) atoms. The van der Waals surface area contributed by atoms with Crippen molar-refractivity contribution in [2.45, 2.75) is 65.2 Å². The van der Waals surface area contributed by atoms with Crippen LogP contribution >= 0.6 is 70.0 Å². The minimum atomic E-state index is 0. The standard InChI is InChI=1S/C33H33.C13H8I2.C5H5.2ClH.Zr/c1-32(2,3)30-20-26-24(18-28(30)22-13-9-7-10-14-22)17-25-19-29(23-15-11-8-12-16-23)31(21-27(25)26)33(4,5)6;14-12-5-1-10(2-6-12)9-11-3-7-13(15)8-4-11;1-2-4-5-3-1;;;/h7-16,18,20-21H,17H2,1-6H3;1-8H;1-3H,4H2;2*1H;/q-1;;-1;;;+2. The molecule has 0 saturated carbocycles. The van der Waals surface area contributed by atoms with Gasteiger partial charge in [0.25, 0.3) is 0 Å². The number of hydrogen-bond acceptors (Lipinski definition) is 0. The third-order valence-corrected chi connectivity index (χ3v) is 12.5. The third-order valence-electron chi connectivity index (χ3n) is 9.67. The van der Waals surface area contributed by atoms with Crippen LogP contribution < -0.4 is 0 Å². The number of hydrogen-bond donors (Lipinski definition) is 0. The monoisotopic (exact) mass is 1070 g/mol. The molecule has 8 rings (SSSR count). The summed E-state index contributed by atoms with van der Waals surface area (Å²) in [5.74, 6) is 0. The molecule has 2 aliphatic carbocycles. The van der Waals surface area contributed by atoms with Crippen LogP contribution in [0.5, 0.6) is 0 Å². The van der Waals surface area contributed by atoms with Crippen molar-refractivity contribution in [2.75, 3.05) is 0 Å². The Labute approximate surface area is 390 Å². The van der Waals surface area contributed by atoms with Crippen molar-refractivity contribution in [3.05, 3.63) is 198 Å². The zero-order valence-corrected chi connectivity index (χ0v) is 41.2. The van der Waals surface area contributed by atoms with Crippen LogP contribution in [0.4, 0.5) is 0 Å². The predicted octanol–water partition coefficient (Wildman–Crippen LogP) is 15.1. The second kappa shape index (κ2) is 20.5. The summed E-state index contributed by atoms with van der Waals surface area (Å²) in [6, 6.07) is 50.3. The average Bonchev–Trinajstić information content (AvgIpc) is 3.86. The van der Waals surface area contributed by atoms with Gasteiger partial charge in [-0.15, -0.1) is 60.1 Å². The summed E-state index contributed by atoms with van der Waals surface area (Å²) >= 11 is 6.13. The van der Waals surface area contributed by atoms with Crippen LogP contribution in [-0.4, -0.2) is 3.21 Å². The zero-order valence-electron chi connectivity index (χ0n) is 32.8. The van der Waals surface area contributed by atoms with Crippen molar-refractivity contribution in [2.24, 2.45) is 0 Å². The summed E-state index contributed by atoms with van der Waals surface area (Å²) in [6.45, 7) is 13.9. The van der Waals surface area contributed by atoms with E-state index in [-0.39, 0.29) is 35.6 Å². The van der Waals surface area contributed by atoms with E-state index in [9.17, 15) is 0 Å².